The molecule has 0 N–H and O–H groups in total. The molecule has 5 rings (SSSR count). The number of hydrogen-bond acceptors (Lipinski definition) is 5. The van der Waals surface area contributed by atoms with Crippen molar-refractivity contribution >= 4 is 11.6 Å². The number of ether oxygens (including phenoxy) is 2. The van der Waals surface area contributed by atoms with Crippen LogP contribution in [0.2, 0.25) is 0 Å². The molecule has 0 atom stereocenters. The number of rotatable bonds is 4. The fourth-order valence-corrected chi connectivity index (χ4v) is 4.11. The molecule has 1 saturated heterocycles. The molecule has 150 valence electrons. The van der Waals surface area contributed by atoms with Crippen LogP contribution in [0.3, 0.4) is 0 Å². The standard InChI is InChI=1S/C24H22N4O2/c1-28-15-19(14-27-28)17-11-22-21(4-7-26-23(22)12-17)16-2-3-24(18(10-16)13-25)30-20-5-8-29-9-6-20/h2-4,7,10-11,14-15,20H,5-6,8-9,12H2,1H3. The second-order valence-corrected chi connectivity index (χ2v) is 7.72. The van der Waals surface area contributed by atoms with Crippen LogP contribution < -0.4 is 4.74 Å². The summed E-state index contributed by atoms with van der Waals surface area (Å²) in [5.74, 6) is 0.644. The predicted octanol–water partition coefficient (Wildman–Crippen LogP) is 4.01. The van der Waals surface area contributed by atoms with Crippen molar-refractivity contribution in [3.05, 3.63) is 65.2 Å². The minimum Gasteiger partial charge on any atom is -0.489 e. The van der Waals surface area contributed by atoms with Gasteiger partial charge in [0.25, 0.3) is 0 Å². The van der Waals surface area contributed by atoms with Crippen molar-refractivity contribution < 1.29 is 9.47 Å². The van der Waals surface area contributed by atoms with Crippen molar-refractivity contribution in [2.45, 2.75) is 25.4 Å². The van der Waals surface area contributed by atoms with E-state index < -0.39 is 0 Å². The zero-order valence-corrected chi connectivity index (χ0v) is 16.8. The maximum absolute atomic E-state index is 9.72. The van der Waals surface area contributed by atoms with Gasteiger partial charge in [-0.3, -0.25) is 9.67 Å². The lowest BCUT2D eigenvalue weighted by Gasteiger charge is -2.24. The molecule has 1 aliphatic heterocycles. The van der Waals surface area contributed by atoms with Crippen molar-refractivity contribution in [1.29, 1.82) is 5.26 Å². The van der Waals surface area contributed by atoms with Gasteiger partial charge in [0.1, 0.15) is 17.9 Å². The molecule has 30 heavy (non-hydrogen) atoms. The highest BCUT2D eigenvalue weighted by molar-refractivity contribution is 5.93. The maximum Gasteiger partial charge on any atom is 0.137 e. The van der Waals surface area contributed by atoms with Crippen LogP contribution in [-0.2, 0) is 18.2 Å². The third-order valence-electron chi connectivity index (χ3n) is 5.70. The van der Waals surface area contributed by atoms with Crippen LogP contribution >= 0.6 is 0 Å². The molecule has 1 fully saturated rings. The van der Waals surface area contributed by atoms with E-state index in [9.17, 15) is 5.26 Å². The molecule has 0 saturated carbocycles. The Hall–Kier alpha value is -3.43. The summed E-state index contributed by atoms with van der Waals surface area (Å²) in [7, 11) is 1.92. The van der Waals surface area contributed by atoms with Crippen molar-refractivity contribution in [1.82, 2.24) is 14.8 Å². The molecule has 0 unspecified atom stereocenters. The van der Waals surface area contributed by atoms with Gasteiger partial charge in [-0.25, -0.2) is 0 Å². The van der Waals surface area contributed by atoms with Gasteiger partial charge < -0.3 is 9.47 Å². The molecule has 6 nitrogen and oxygen atoms in total. The van der Waals surface area contributed by atoms with Gasteiger partial charge in [-0.05, 0) is 41.0 Å². The fourth-order valence-electron chi connectivity index (χ4n) is 4.11. The van der Waals surface area contributed by atoms with Crippen molar-refractivity contribution in [3.8, 4) is 22.9 Å². The molecular formula is C24H22N4O2. The number of aryl methyl sites for hydroxylation is 1. The zero-order valence-electron chi connectivity index (χ0n) is 16.8. The molecule has 6 heteroatoms. The average molecular weight is 398 g/mol. The molecule has 0 amide bonds. The first-order chi connectivity index (χ1) is 14.7. The lowest BCUT2D eigenvalue weighted by Crippen LogP contribution is -2.26. The number of nitriles is 1. The Morgan fingerprint density at radius 2 is 2.07 bits per heavy atom. The molecule has 1 aromatic carbocycles. The number of fused-ring (bicyclic) bond motifs is 1. The molecule has 2 aliphatic rings. The Morgan fingerprint density at radius 1 is 1.20 bits per heavy atom. The van der Waals surface area contributed by atoms with Crippen LogP contribution in [0.1, 0.15) is 35.2 Å². The topological polar surface area (TPSA) is 73.0 Å². The Balaban J connectivity index is 1.48. The summed E-state index contributed by atoms with van der Waals surface area (Å²) in [6.45, 7) is 1.42. The number of pyridine rings is 1. The SMILES string of the molecule is Cn1cc(C2=Cc3c(-c4ccc(OC5CCOCC5)c(C#N)c4)ccnc3C2)cn1. The second-order valence-electron chi connectivity index (χ2n) is 7.72. The van der Waals surface area contributed by atoms with Gasteiger partial charge >= 0.3 is 0 Å². The number of hydrogen-bond donors (Lipinski definition) is 0. The summed E-state index contributed by atoms with van der Waals surface area (Å²) in [5.41, 5.74) is 7.10. The van der Waals surface area contributed by atoms with Crippen LogP contribution in [0.15, 0.2) is 42.9 Å². The lowest BCUT2D eigenvalue weighted by atomic mass is 9.98. The van der Waals surface area contributed by atoms with E-state index in [1.165, 1.54) is 5.57 Å². The highest BCUT2D eigenvalue weighted by Crippen LogP contribution is 2.37. The highest BCUT2D eigenvalue weighted by Gasteiger charge is 2.21. The maximum atomic E-state index is 9.72. The first-order valence-electron chi connectivity index (χ1n) is 10.2. The molecule has 3 aromatic rings. The van der Waals surface area contributed by atoms with Gasteiger partial charge in [0.2, 0.25) is 0 Å². The molecule has 2 aromatic heterocycles. The number of allylic oxidation sites excluding steroid dienone is 1. The van der Waals surface area contributed by atoms with Gasteiger partial charge in [-0.2, -0.15) is 10.4 Å². The van der Waals surface area contributed by atoms with Gasteiger partial charge in [0.05, 0.1) is 30.7 Å². The van der Waals surface area contributed by atoms with Crippen LogP contribution in [0.25, 0.3) is 22.8 Å². The second kappa shape index (κ2) is 7.77. The summed E-state index contributed by atoms with van der Waals surface area (Å²) in [4.78, 5) is 4.58. The fraction of sp³-hybridized carbons (Fsp3) is 0.292. The third kappa shape index (κ3) is 3.49. The monoisotopic (exact) mass is 398 g/mol. The Bertz CT molecular complexity index is 1170. The summed E-state index contributed by atoms with van der Waals surface area (Å²) < 4.78 is 13.3. The molecule has 0 spiro atoms. The minimum atomic E-state index is 0.104. The summed E-state index contributed by atoms with van der Waals surface area (Å²) in [5, 5.41) is 14.0. The largest absolute Gasteiger partial charge is 0.489 e. The summed E-state index contributed by atoms with van der Waals surface area (Å²) in [6.07, 6.45) is 10.5. The molecular weight excluding hydrogens is 376 g/mol. The van der Waals surface area contributed by atoms with E-state index in [-0.39, 0.29) is 6.10 Å². The highest BCUT2D eigenvalue weighted by atomic mass is 16.5. The molecule has 1 aliphatic carbocycles. The first-order valence-corrected chi connectivity index (χ1v) is 10.2. The average Bonchev–Trinajstić information content (AvgIpc) is 3.40. The molecule has 3 heterocycles. The van der Waals surface area contributed by atoms with Crippen molar-refractivity contribution in [2.24, 2.45) is 7.05 Å². The van der Waals surface area contributed by atoms with Crippen LogP contribution in [0.5, 0.6) is 5.75 Å². The number of nitrogens with zero attached hydrogens (tertiary/aromatic N) is 4. The normalized spacial score (nSPS) is 16.1. The van der Waals surface area contributed by atoms with E-state index in [4.69, 9.17) is 9.47 Å². The first kappa shape index (κ1) is 18.6. The molecule has 0 radical (unpaired) electrons. The quantitative estimate of drug-likeness (QED) is 0.664. The van der Waals surface area contributed by atoms with Crippen LogP contribution in [0, 0.1) is 11.3 Å². The van der Waals surface area contributed by atoms with Crippen molar-refractivity contribution in [3.63, 3.8) is 0 Å². The molecule has 0 bridgehead atoms. The number of aromatic nitrogens is 3. The van der Waals surface area contributed by atoms with E-state index in [2.05, 4.69) is 22.2 Å². The van der Waals surface area contributed by atoms with Gasteiger partial charge in [-0.15, -0.1) is 0 Å². The summed E-state index contributed by atoms with van der Waals surface area (Å²) in [6, 6.07) is 10.2. The van der Waals surface area contributed by atoms with Crippen LogP contribution in [0.4, 0.5) is 0 Å². The van der Waals surface area contributed by atoms with Gasteiger partial charge in [0.15, 0.2) is 0 Å². The van der Waals surface area contributed by atoms with Gasteiger partial charge in [-0.1, -0.05) is 6.07 Å². The Kier molecular flexibility index (Phi) is 4.82. The van der Waals surface area contributed by atoms with E-state index in [0.29, 0.717) is 24.5 Å². The van der Waals surface area contributed by atoms with Crippen molar-refractivity contribution in [2.75, 3.05) is 13.2 Å². The van der Waals surface area contributed by atoms with E-state index in [0.717, 1.165) is 47.2 Å². The van der Waals surface area contributed by atoms with E-state index in [1.54, 1.807) is 0 Å². The number of benzene rings is 1. The predicted molar refractivity (Wildman–Crippen MR) is 114 cm³/mol. The Morgan fingerprint density at radius 3 is 2.83 bits per heavy atom. The smallest absolute Gasteiger partial charge is 0.137 e. The Labute approximate surface area is 175 Å². The third-order valence-corrected chi connectivity index (χ3v) is 5.70. The summed E-state index contributed by atoms with van der Waals surface area (Å²) >= 11 is 0. The van der Waals surface area contributed by atoms with E-state index in [1.807, 2.05) is 54.6 Å². The van der Waals surface area contributed by atoms with Gasteiger partial charge in [0, 0.05) is 49.8 Å². The zero-order chi connectivity index (χ0) is 20.5. The minimum absolute atomic E-state index is 0.104. The lowest BCUT2D eigenvalue weighted by molar-refractivity contribution is 0.0254. The van der Waals surface area contributed by atoms with Crippen LogP contribution in [-0.4, -0.2) is 34.1 Å². The van der Waals surface area contributed by atoms with E-state index >= 15 is 0 Å².